The minimum atomic E-state index is -0.403. The van der Waals surface area contributed by atoms with Crippen molar-refractivity contribution in [3.05, 3.63) is 228 Å². The number of nitrogens with zero attached hydrogens (tertiary/aromatic N) is 2. The van der Waals surface area contributed by atoms with Crippen LogP contribution in [0.25, 0.3) is 21.9 Å². The highest BCUT2D eigenvalue weighted by atomic mass is 16.3. The summed E-state index contributed by atoms with van der Waals surface area (Å²) in [7, 11) is 2.07. The molecule has 7 aromatic carbocycles. The molecule has 9 rings (SSSR count). The molecule has 3 nitrogen and oxygen atoms in total. The van der Waals surface area contributed by atoms with E-state index >= 15 is 0 Å². The van der Waals surface area contributed by atoms with Crippen molar-refractivity contribution < 1.29 is 4.42 Å². The minimum absolute atomic E-state index is 0.403. The number of hydrogen-bond donors (Lipinski definition) is 0. The van der Waals surface area contributed by atoms with Crippen molar-refractivity contribution in [2.45, 2.75) is 53.4 Å². The molecular weight excluding hydrogens is 705 g/mol. The van der Waals surface area contributed by atoms with Gasteiger partial charge in [-0.05, 0) is 84.1 Å². The normalized spacial score (nSPS) is 14.0. The first-order valence-corrected chi connectivity index (χ1v) is 20.8. The van der Waals surface area contributed by atoms with Gasteiger partial charge in [0.25, 0.3) is 0 Å². The Hall–Kier alpha value is -6.58. The maximum absolute atomic E-state index is 5.95. The van der Waals surface area contributed by atoms with Crippen LogP contribution in [0.1, 0.15) is 64.7 Å². The van der Waals surface area contributed by atoms with Crippen LogP contribution in [0.4, 0.5) is 22.7 Å². The van der Waals surface area contributed by atoms with E-state index in [0.717, 1.165) is 34.3 Å². The molecule has 0 spiro atoms. The fourth-order valence-corrected chi connectivity index (χ4v) is 8.08. The maximum atomic E-state index is 5.95. The molecule has 0 saturated heterocycles. The molecule has 292 valence electrons. The van der Waals surface area contributed by atoms with Gasteiger partial charge >= 0.3 is 0 Å². The van der Waals surface area contributed by atoms with Gasteiger partial charge in [0.2, 0.25) is 0 Å². The second kappa shape index (κ2) is 19.5. The Bertz CT molecular complexity index is 2510. The molecule has 1 aliphatic rings. The van der Waals surface area contributed by atoms with Gasteiger partial charge in [0, 0.05) is 46.6 Å². The number of para-hydroxylation sites is 4. The Morgan fingerprint density at radius 1 is 0.552 bits per heavy atom. The lowest BCUT2D eigenvalue weighted by Gasteiger charge is -2.48. The Morgan fingerprint density at radius 2 is 1.07 bits per heavy atom. The van der Waals surface area contributed by atoms with Gasteiger partial charge in [0.1, 0.15) is 11.2 Å². The van der Waals surface area contributed by atoms with Crippen molar-refractivity contribution in [2.75, 3.05) is 16.8 Å². The molecule has 0 saturated carbocycles. The number of rotatable bonds is 6. The molecule has 58 heavy (non-hydrogen) atoms. The molecule has 0 radical (unpaired) electrons. The molecular formula is C55H56N2O. The number of furan rings is 1. The van der Waals surface area contributed by atoms with Gasteiger partial charge in [-0.25, -0.2) is 0 Å². The molecule has 0 amide bonds. The topological polar surface area (TPSA) is 19.6 Å². The third-order valence-electron chi connectivity index (χ3n) is 10.5. The molecule has 1 aromatic heterocycles. The number of anilines is 4. The predicted molar refractivity (Wildman–Crippen MR) is 251 cm³/mol. The summed E-state index contributed by atoms with van der Waals surface area (Å²) < 4.78 is 5.95. The number of benzene rings is 7. The maximum Gasteiger partial charge on any atom is 0.137 e. The summed E-state index contributed by atoms with van der Waals surface area (Å²) in [6.07, 6.45) is 5.64. The van der Waals surface area contributed by atoms with Gasteiger partial charge in [0.15, 0.2) is 0 Å². The summed E-state index contributed by atoms with van der Waals surface area (Å²) in [5.41, 5.74) is 12.6. The van der Waals surface area contributed by atoms with E-state index < -0.39 is 5.41 Å². The third kappa shape index (κ3) is 7.86. The van der Waals surface area contributed by atoms with Crippen LogP contribution >= 0.6 is 0 Å². The molecule has 0 aliphatic carbocycles. The van der Waals surface area contributed by atoms with Crippen molar-refractivity contribution in [1.82, 2.24) is 0 Å². The molecule has 0 fully saturated rings. The Morgan fingerprint density at radius 3 is 1.67 bits per heavy atom. The second-order valence-corrected chi connectivity index (χ2v) is 13.5. The van der Waals surface area contributed by atoms with Crippen LogP contribution in [0.3, 0.4) is 0 Å². The van der Waals surface area contributed by atoms with Crippen molar-refractivity contribution in [3.8, 4) is 0 Å². The van der Waals surface area contributed by atoms with Crippen molar-refractivity contribution >= 4 is 44.7 Å². The molecule has 0 N–H and O–H groups in total. The van der Waals surface area contributed by atoms with Crippen LogP contribution < -0.4 is 9.80 Å². The van der Waals surface area contributed by atoms with Crippen LogP contribution in [0.5, 0.6) is 0 Å². The predicted octanol–water partition coefficient (Wildman–Crippen LogP) is 15.8. The first-order chi connectivity index (χ1) is 28.6. The zero-order valence-corrected chi connectivity index (χ0v) is 35.1. The van der Waals surface area contributed by atoms with Gasteiger partial charge < -0.3 is 14.2 Å². The van der Waals surface area contributed by atoms with E-state index in [-0.39, 0.29) is 0 Å². The van der Waals surface area contributed by atoms with Crippen molar-refractivity contribution in [2.24, 2.45) is 0 Å². The first-order valence-electron chi connectivity index (χ1n) is 20.8. The third-order valence-corrected chi connectivity index (χ3v) is 10.5. The van der Waals surface area contributed by atoms with Crippen molar-refractivity contribution in [3.63, 3.8) is 0 Å². The zero-order chi connectivity index (χ0) is 40.9. The van der Waals surface area contributed by atoms with Crippen molar-refractivity contribution in [1.29, 1.82) is 0 Å². The average molecular weight is 761 g/mol. The fourth-order valence-electron chi connectivity index (χ4n) is 8.08. The molecule has 3 heteroatoms. The number of fused-ring (bicyclic) bond motifs is 4. The van der Waals surface area contributed by atoms with Gasteiger partial charge in [-0.2, -0.15) is 0 Å². The second-order valence-electron chi connectivity index (χ2n) is 13.5. The quantitative estimate of drug-likeness (QED) is 0.168. The lowest BCUT2D eigenvalue weighted by molar-refractivity contribution is 0.669. The van der Waals surface area contributed by atoms with Crippen LogP contribution in [-0.4, -0.2) is 7.05 Å². The fraction of sp³-hybridized carbons (Fsp3) is 0.164. The molecule has 0 unspecified atom stereocenters. The molecule has 0 atom stereocenters. The van der Waals surface area contributed by atoms with E-state index in [2.05, 4.69) is 195 Å². The van der Waals surface area contributed by atoms with E-state index in [1.807, 2.05) is 64.1 Å². The zero-order valence-electron chi connectivity index (χ0n) is 35.1. The first kappa shape index (κ1) is 41.1. The van der Waals surface area contributed by atoms with Crippen LogP contribution in [0.2, 0.25) is 0 Å². The van der Waals surface area contributed by atoms with Gasteiger partial charge in [0.05, 0.1) is 11.1 Å². The Kier molecular flexibility index (Phi) is 13.8. The summed E-state index contributed by atoms with van der Waals surface area (Å²) >= 11 is 0. The van der Waals surface area contributed by atoms with Crippen LogP contribution in [0, 0.1) is 0 Å². The van der Waals surface area contributed by atoms with E-state index in [9.17, 15) is 0 Å². The molecule has 8 aromatic rings. The highest BCUT2D eigenvalue weighted by Gasteiger charge is 2.47. The highest BCUT2D eigenvalue weighted by Crippen LogP contribution is 2.57. The number of allylic oxidation sites excluding steroid dienone is 3. The van der Waals surface area contributed by atoms with Gasteiger partial charge in [-0.3, -0.25) is 0 Å². The minimum Gasteiger partial charge on any atom is -0.456 e. The van der Waals surface area contributed by atoms with Crippen LogP contribution in [-0.2, 0) is 5.41 Å². The standard InChI is InChI=1S/C32H29N.C19H15NO.2C2H6/c1-3-16-30-28(4-2)32(25-17-8-5-9-18-25,26-19-10-6-11-20-26)29-23-14-15-24-31(29)33(30)27-21-12-7-13-22-27;1-20(14-7-3-2-4-8-14)15-11-12-17-16-9-5-6-10-18(16)21-19(17)13-15;2*1-2/h4-24H,3H2,1-2H3;2-13H,1H3;2*1-2H3/b28-4+,30-16+;;;. The largest absolute Gasteiger partial charge is 0.456 e. The molecule has 2 heterocycles. The van der Waals surface area contributed by atoms with E-state index in [0.29, 0.717) is 0 Å². The highest BCUT2D eigenvalue weighted by molar-refractivity contribution is 6.05. The van der Waals surface area contributed by atoms with Gasteiger partial charge in [-0.1, -0.05) is 180 Å². The number of hydrogen-bond acceptors (Lipinski definition) is 3. The summed E-state index contributed by atoms with van der Waals surface area (Å²) in [5, 5.41) is 2.33. The summed E-state index contributed by atoms with van der Waals surface area (Å²) in [6.45, 7) is 12.4. The summed E-state index contributed by atoms with van der Waals surface area (Å²) in [5.74, 6) is 0. The Labute approximate surface area is 346 Å². The lowest BCUT2D eigenvalue weighted by Crippen LogP contribution is -2.41. The van der Waals surface area contributed by atoms with Gasteiger partial charge in [-0.15, -0.1) is 0 Å². The molecule has 0 bridgehead atoms. The van der Waals surface area contributed by atoms with Crippen LogP contribution in [0.15, 0.2) is 216 Å². The van der Waals surface area contributed by atoms with E-state index in [1.54, 1.807) is 0 Å². The lowest BCUT2D eigenvalue weighted by atomic mass is 9.61. The Balaban J connectivity index is 0.000000195. The van der Waals surface area contributed by atoms with E-state index in [1.165, 1.54) is 44.7 Å². The SMILES string of the molecule is C/C=C1\C(=C/CC)N(c2ccccc2)c2ccccc2C1(c1ccccc1)c1ccccc1.CC.CC.CN(c1ccccc1)c1ccc2c(c1)oc1ccccc12. The smallest absolute Gasteiger partial charge is 0.137 e. The van der Waals surface area contributed by atoms with E-state index in [4.69, 9.17) is 4.42 Å². The molecule has 1 aliphatic heterocycles. The monoisotopic (exact) mass is 760 g/mol. The summed E-state index contributed by atoms with van der Waals surface area (Å²) in [6, 6.07) is 66.4. The summed E-state index contributed by atoms with van der Waals surface area (Å²) in [4.78, 5) is 4.59. The average Bonchev–Trinajstić information content (AvgIpc) is 3.69.